The maximum atomic E-state index is 6.25. The highest BCUT2D eigenvalue weighted by molar-refractivity contribution is 4.80. The lowest BCUT2D eigenvalue weighted by Gasteiger charge is -2.36. The molecule has 0 radical (unpaired) electrons. The fourth-order valence-electron chi connectivity index (χ4n) is 4.19. The summed E-state index contributed by atoms with van der Waals surface area (Å²) in [7, 11) is 0. The lowest BCUT2D eigenvalue weighted by molar-refractivity contribution is -0.0452. The Balaban J connectivity index is 1.64. The molecule has 3 unspecified atom stereocenters. The largest absolute Gasteiger partial charge is 0.378 e. The molecular formula is C22H42O2. The molecule has 0 aromatic rings. The van der Waals surface area contributed by atoms with Gasteiger partial charge in [0.1, 0.15) is 0 Å². The summed E-state index contributed by atoms with van der Waals surface area (Å²) >= 11 is 0. The fraction of sp³-hybridized carbons (Fsp3) is 1.00. The fourth-order valence-corrected chi connectivity index (χ4v) is 4.19. The Hall–Kier alpha value is -0.0800. The average molecular weight is 339 g/mol. The molecule has 0 aliphatic carbocycles. The molecule has 142 valence electrons. The first-order valence-corrected chi connectivity index (χ1v) is 10.5. The van der Waals surface area contributed by atoms with Crippen LogP contribution in [-0.2, 0) is 9.47 Å². The molecule has 0 spiro atoms. The van der Waals surface area contributed by atoms with Crippen molar-refractivity contribution in [3.8, 4) is 0 Å². The van der Waals surface area contributed by atoms with Gasteiger partial charge in [-0.3, -0.25) is 0 Å². The maximum Gasteiger partial charge on any atom is 0.0580 e. The highest BCUT2D eigenvalue weighted by Crippen LogP contribution is 2.36. The van der Waals surface area contributed by atoms with E-state index in [1.165, 1.54) is 64.2 Å². The summed E-state index contributed by atoms with van der Waals surface area (Å²) in [4.78, 5) is 0. The molecular weight excluding hydrogens is 296 g/mol. The molecule has 2 heterocycles. The molecule has 2 nitrogen and oxygen atoms in total. The molecule has 3 atom stereocenters. The first-order chi connectivity index (χ1) is 11.2. The summed E-state index contributed by atoms with van der Waals surface area (Å²) in [5.74, 6) is 0.791. The lowest BCUT2D eigenvalue weighted by Crippen LogP contribution is -2.31. The Morgan fingerprint density at radius 3 is 2.17 bits per heavy atom. The van der Waals surface area contributed by atoms with Gasteiger partial charge in [-0.1, -0.05) is 34.6 Å². The summed E-state index contributed by atoms with van der Waals surface area (Å²) in [5.41, 5.74) is 0.837. The van der Waals surface area contributed by atoms with Crippen LogP contribution in [0.5, 0.6) is 0 Å². The van der Waals surface area contributed by atoms with Gasteiger partial charge in [0.05, 0.1) is 12.2 Å². The molecule has 2 rings (SSSR count). The van der Waals surface area contributed by atoms with Gasteiger partial charge in [-0.05, 0) is 81.0 Å². The van der Waals surface area contributed by atoms with E-state index in [1.807, 2.05) is 0 Å². The zero-order valence-corrected chi connectivity index (χ0v) is 17.0. The van der Waals surface area contributed by atoms with E-state index in [1.54, 1.807) is 0 Å². The Morgan fingerprint density at radius 1 is 0.792 bits per heavy atom. The SMILES string of the molecule is CC(C)(C)CCC1CCC(CC(C)(C)CCC2CCCCO2)OC1. The van der Waals surface area contributed by atoms with Crippen molar-refractivity contribution in [2.45, 2.75) is 111 Å². The third-order valence-corrected chi connectivity index (χ3v) is 5.96. The zero-order chi connectivity index (χ0) is 17.6. The van der Waals surface area contributed by atoms with E-state index < -0.39 is 0 Å². The Morgan fingerprint density at radius 2 is 1.58 bits per heavy atom. The molecule has 2 aliphatic heterocycles. The molecule has 0 saturated carbocycles. The van der Waals surface area contributed by atoms with E-state index in [0.717, 1.165) is 19.1 Å². The molecule has 0 amide bonds. The molecule has 2 saturated heterocycles. The Bertz CT molecular complexity index is 341. The highest BCUT2D eigenvalue weighted by atomic mass is 16.5. The summed E-state index contributed by atoms with van der Waals surface area (Å²) < 4.78 is 12.2. The van der Waals surface area contributed by atoms with Crippen molar-refractivity contribution in [3.63, 3.8) is 0 Å². The molecule has 2 fully saturated rings. The van der Waals surface area contributed by atoms with E-state index in [-0.39, 0.29) is 0 Å². The Kier molecular flexibility index (Phi) is 7.61. The summed E-state index contributed by atoms with van der Waals surface area (Å²) in [5, 5.41) is 0. The van der Waals surface area contributed by atoms with Gasteiger partial charge in [-0.25, -0.2) is 0 Å². The van der Waals surface area contributed by atoms with Crippen molar-refractivity contribution in [2.75, 3.05) is 13.2 Å². The predicted octanol–water partition coefficient (Wildman–Crippen LogP) is 6.37. The normalized spacial score (nSPS) is 29.6. The van der Waals surface area contributed by atoms with E-state index in [4.69, 9.17) is 9.47 Å². The van der Waals surface area contributed by atoms with Crippen molar-refractivity contribution in [2.24, 2.45) is 16.7 Å². The Labute approximate surface area is 151 Å². The zero-order valence-electron chi connectivity index (χ0n) is 17.0. The van der Waals surface area contributed by atoms with Gasteiger partial charge in [0.2, 0.25) is 0 Å². The third kappa shape index (κ3) is 7.87. The van der Waals surface area contributed by atoms with Crippen LogP contribution in [0.1, 0.15) is 98.8 Å². The second kappa shape index (κ2) is 9.03. The average Bonchev–Trinajstić information content (AvgIpc) is 2.52. The molecule has 0 aromatic carbocycles. The van der Waals surface area contributed by atoms with Crippen molar-refractivity contribution in [3.05, 3.63) is 0 Å². The van der Waals surface area contributed by atoms with Crippen LogP contribution in [0.3, 0.4) is 0 Å². The van der Waals surface area contributed by atoms with E-state index in [0.29, 0.717) is 23.0 Å². The molecule has 0 aromatic heterocycles. The lowest BCUT2D eigenvalue weighted by atomic mass is 9.78. The monoisotopic (exact) mass is 338 g/mol. The van der Waals surface area contributed by atoms with Crippen LogP contribution in [0.2, 0.25) is 0 Å². The van der Waals surface area contributed by atoms with Crippen molar-refractivity contribution in [1.82, 2.24) is 0 Å². The minimum atomic E-state index is 0.379. The van der Waals surface area contributed by atoms with Gasteiger partial charge < -0.3 is 9.47 Å². The van der Waals surface area contributed by atoms with Gasteiger partial charge in [0.15, 0.2) is 0 Å². The van der Waals surface area contributed by atoms with Crippen molar-refractivity contribution in [1.29, 1.82) is 0 Å². The van der Waals surface area contributed by atoms with Crippen LogP contribution in [0.25, 0.3) is 0 Å². The molecule has 0 N–H and O–H groups in total. The maximum absolute atomic E-state index is 6.25. The minimum absolute atomic E-state index is 0.379. The number of hydrogen-bond donors (Lipinski definition) is 0. The second-order valence-electron chi connectivity index (χ2n) is 10.4. The third-order valence-electron chi connectivity index (χ3n) is 5.96. The van der Waals surface area contributed by atoms with Crippen LogP contribution in [-0.4, -0.2) is 25.4 Å². The first kappa shape index (κ1) is 20.2. The number of hydrogen-bond acceptors (Lipinski definition) is 2. The predicted molar refractivity (Wildman–Crippen MR) is 102 cm³/mol. The van der Waals surface area contributed by atoms with E-state index in [2.05, 4.69) is 34.6 Å². The van der Waals surface area contributed by atoms with Gasteiger partial charge in [0, 0.05) is 13.2 Å². The van der Waals surface area contributed by atoms with Crippen LogP contribution in [0.4, 0.5) is 0 Å². The smallest absolute Gasteiger partial charge is 0.0580 e. The van der Waals surface area contributed by atoms with Gasteiger partial charge >= 0.3 is 0 Å². The van der Waals surface area contributed by atoms with Crippen LogP contribution < -0.4 is 0 Å². The van der Waals surface area contributed by atoms with Gasteiger partial charge in [0.25, 0.3) is 0 Å². The van der Waals surface area contributed by atoms with Crippen molar-refractivity contribution < 1.29 is 9.47 Å². The quantitative estimate of drug-likeness (QED) is 0.536. The summed E-state index contributed by atoms with van der Waals surface area (Å²) in [6.45, 7) is 13.8. The topological polar surface area (TPSA) is 18.5 Å². The molecule has 2 heteroatoms. The standard InChI is InChI=1S/C22H42O2/c1-21(2,3)13-11-18-9-10-20(24-17-18)16-22(4,5)14-12-19-8-6-7-15-23-19/h18-20H,6-17H2,1-5H3. The molecule has 2 aliphatic rings. The second-order valence-corrected chi connectivity index (χ2v) is 10.4. The number of ether oxygens (including phenoxy) is 2. The number of rotatable bonds is 7. The van der Waals surface area contributed by atoms with Crippen LogP contribution in [0.15, 0.2) is 0 Å². The minimum Gasteiger partial charge on any atom is -0.378 e. The van der Waals surface area contributed by atoms with Crippen LogP contribution >= 0.6 is 0 Å². The summed E-state index contributed by atoms with van der Waals surface area (Å²) in [6.07, 6.45) is 13.9. The summed E-state index contributed by atoms with van der Waals surface area (Å²) in [6, 6.07) is 0. The first-order valence-electron chi connectivity index (χ1n) is 10.5. The van der Waals surface area contributed by atoms with Crippen molar-refractivity contribution >= 4 is 0 Å². The molecule has 0 bridgehead atoms. The molecule has 24 heavy (non-hydrogen) atoms. The highest BCUT2D eigenvalue weighted by Gasteiger charge is 2.29. The van der Waals surface area contributed by atoms with Crippen LogP contribution in [0, 0.1) is 16.7 Å². The van der Waals surface area contributed by atoms with E-state index >= 15 is 0 Å². The van der Waals surface area contributed by atoms with E-state index in [9.17, 15) is 0 Å². The van der Waals surface area contributed by atoms with Gasteiger partial charge in [-0.15, -0.1) is 0 Å². The van der Waals surface area contributed by atoms with Gasteiger partial charge in [-0.2, -0.15) is 0 Å².